The summed E-state index contributed by atoms with van der Waals surface area (Å²) in [7, 11) is -3.19. The topological polar surface area (TPSA) is 102 Å². The second-order valence-corrected chi connectivity index (χ2v) is 10.4. The number of nitrogens with two attached hydrogens (primary N) is 1. The van der Waals surface area contributed by atoms with Crippen molar-refractivity contribution in [3.05, 3.63) is 70.6 Å². The molecule has 0 aliphatic carbocycles. The number of piperazine rings is 1. The Bertz CT molecular complexity index is 1550. The lowest BCUT2D eigenvalue weighted by molar-refractivity contribution is 0.388. The van der Waals surface area contributed by atoms with Crippen molar-refractivity contribution < 1.29 is 8.42 Å². The van der Waals surface area contributed by atoms with Crippen molar-refractivity contribution in [3.8, 4) is 5.69 Å². The van der Waals surface area contributed by atoms with E-state index < -0.39 is 10.0 Å². The first-order valence-electron chi connectivity index (χ1n) is 10.7. The van der Waals surface area contributed by atoms with Crippen molar-refractivity contribution >= 4 is 43.2 Å². The van der Waals surface area contributed by atoms with E-state index in [0.29, 0.717) is 37.6 Å². The molecule has 5 rings (SSSR count). The third kappa shape index (κ3) is 3.83. The van der Waals surface area contributed by atoms with Gasteiger partial charge >= 0.3 is 0 Å². The number of rotatable bonds is 3. The van der Waals surface area contributed by atoms with Gasteiger partial charge in [-0.25, -0.2) is 8.42 Å². The molecule has 4 aromatic rings. The van der Waals surface area contributed by atoms with Crippen LogP contribution >= 0.6 is 0 Å². The van der Waals surface area contributed by atoms with Crippen LogP contribution in [0.4, 0.5) is 11.4 Å². The standard InChI is InChI=1S/C24H25N5O3S/c1-16-3-5-19(14-21(16)25)29-23(30)8-4-17-15-26-22-7-6-18(13-20(22)24(17)29)27-9-11-28(12-10-27)33(2,31)32/h3-8,13-15H,9-12,25H2,1-2H3. The molecule has 1 aliphatic rings. The number of aromatic nitrogens is 2. The van der Waals surface area contributed by atoms with Crippen LogP contribution in [-0.2, 0) is 10.0 Å². The average molecular weight is 464 g/mol. The summed E-state index contributed by atoms with van der Waals surface area (Å²) in [6.45, 7) is 4.01. The highest BCUT2D eigenvalue weighted by Gasteiger charge is 2.24. The number of hydrogen-bond acceptors (Lipinski definition) is 6. The Morgan fingerprint density at radius 2 is 1.67 bits per heavy atom. The third-order valence-electron chi connectivity index (χ3n) is 6.29. The summed E-state index contributed by atoms with van der Waals surface area (Å²) in [5.74, 6) is 0. The maximum Gasteiger partial charge on any atom is 0.255 e. The van der Waals surface area contributed by atoms with Crippen molar-refractivity contribution in [2.75, 3.05) is 43.1 Å². The molecule has 33 heavy (non-hydrogen) atoms. The van der Waals surface area contributed by atoms with E-state index in [9.17, 15) is 13.2 Å². The maximum absolute atomic E-state index is 13.0. The van der Waals surface area contributed by atoms with Gasteiger partial charge < -0.3 is 10.6 Å². The zero-order valence-corrected chi connectivity index (χ0v) is 19.3. The van der Waals surface area contributed by atoms with Crippen molar-refractivity contribution in [1.82, 2.24) is 13.9 Å². The second-order valence-electron chi connectivity index (χ2n) is 8.46. The van der Waals surface area contributed by atoms with Crippen LogP contribution in [0, 0.1) is 6.92 Å². The SMILES string of the molecule is Cc1ccc(-n2c(=O)ccc3cnc4ccc(N5CCN(S(C)(=O)=O)CC5)cc4c32)cc1N. The van der Waals surface area contributed by atoms with Crippen LogP contribution in [0.1, 0.15) is 5.56 Å². The number of fused-ring (bicyclic) bond motifs is 3. The van der Waals surface area contributed by atoms with Crippen LogP contribution in [0.2, 0.25) is 0 Å². The number of hydrogen-bond donors (Lipinski definition) is 1. The fourth-order valence-corrected chi connectivity index (χ4v) is 5.22. The maximum atomic E-state index is 13.0. The molecule has 2 aromatic carbocycles. The number of anilines is 2. The van der Waals surface area contributed by atoms with Gasteiger partial charge in [-0.05, 0) is 48.9 Å². The lowest BCUT2D eigenvalue weighted by Crippen LogP contribution is -2.48. The van der Waals surface area contributed by atoms with Crippen molar-refractivity contribution in [2.24, 2.45) is 0 Å². The monoisotopic (exact) mass is 463 g/mol. The molecule has 2 N–H and O–H groups in total. The van der Waals surface area contributed by atoms with Gasteiger partial charge in [0.15, 0.2) is 0 Å². The molecular weight excluding hydrogens is 438 g/mol. The number of sulfonamides is 1. The van der Waals surface area contributed by atoms with Crippen LogP contribution in [0.5, 0.6) is 0 Å². The first-order valence-corrected chi connectivity index (χ1v) is 12.6. The van der Waals surface area contributed by atoms with Crippen LogP contribution in [-0.4, -0.2) is 54.7 Å². The molecule has 3 heterocycles. The van der Waals surface area contributed by atoms with Gasteiger partial charge in [-0.15, -0.1) is 0 Å². The van der Waals surface area contributed by atoms with Crippen molar-refractivity contribution in [1.29, 1.82) is 0 Å². The molecule has 0 unspecified atom stereocenters. The van der Waals surface area contributed by atoms with Crippen LogP contribution < -0.4 is 16.2 Å². The number of benzene rings is 2. The Labute approximate surface area is 191 Å². The van der Waals surface area contributed by atoms with E-state index in [1.807, 2.05) is 43.3 Å². The normalized spacial score (nSPS) is 15.4. The van der Waals surface area contributed by atoms with Gasteiger partial charge in [-0.2, -0.15) is 4.31 Å². The minimum absolute atomic E-state index is 0.148. The second kappa shape index (κ2) is 7.86. The molecule has 1 saturated heterocycles. The Morgan fingerprint density at radius 1 is 0.939 bits per heavy atom. The molecule has 0 atom stereocenters. The Balaban J connectivity index is 1.67. The fraction of sp³-hybridized carbons (Fsp3) is 0.250. The Morgan fingerprint density at radius 3 is 2.36 bits per heavy atom. The number of pyridine rings is 2. The lowest BCUT2D eigenvalue weighted by Gasteiger charge is -2.34. The lowest BCUT2D eigenvalue weighted by atomic mass is 10.1. The summed E-state index contributed by atoms with van der Waals surface area (Å²) in [6.07, 6.45) is 3.02. The molecule has 9 heteroatoms. The smallest absolute Gasteiger partial charge is 0.255 e. The van der Waals surface area contributed by atoms with E-state index in [1.165, 1.54) is 10.6 Å². The quantitative estimate of drug-likeness (QED) is 0.370. The zero-order chi connectivity index (χ0) is 23.3. The number of aryl methyl sites for hydroxylation is 1. The van der Waals surface area contributed by atoms with Gasteiger partial charge in [0.2, 0.25) is 10.0 Å². The van der Waals surface area contributed by atoms with Crippen LogP contribution in [0.15, 0.2) is 59.5 Å². The zero-order valence-electron chi connectivity index (χ0n) is 18.5. The fourth-order valence-electron chi connectivity index (χ4n) is 4.40. The number of nitrogens with zero attached hydrogens (tertiary/aromatic N) is 4. The van der Waals surface area contributed by atoms with E-state index >= 15 is 0 Å². The minimum Gasteiger partial charge on any atom is -0.398 e. The summed E-state index contributed by atoms with van der Waals surface area (Å²) in [4.78, 5) is 19.8. The van der Waals surface area contributed by atoms with Gasteiger partial charge in [-0.1, -0.05) is 6.07 Å². The third-order valence-corrected chi connectivity index (χ3v) is 7.60. The first kappa shape index (κ1) is 21.4. The van der Waals surface area contributed by atoms with Crippen molar-refractivity contribution in [2.45, 2.75) is 6.92 Å². The van der Waals surface area contributed by atoms with E-state index in [0.717, 1.165) is 33.1 Å². The van der Waals surface area contributed by atoms with Gasteiger partial charge in [0.1, 0.15) is 0 Å². The Kier molecular flexibility index (Phi) is 5.10. The van der Waals surface area contributed by atoms with Gasteiger partial charge in [-0.3, -0.25) is 14.3 Å². The van der Waals surface area contributed by atoms with Crippen LogP contribution in [0.25, 0.3) is 27.5 Å². The molecule has 0 bridgehead atoms. The molecule has 170 valence electrons. The molecule has 0 spiro atoms. The van der Waals surface area contributed by atoms with Gasteiger partial charge in [0.05, 0.1) is 23.0 Å². The predicted molar refractivity (Wildman–Crippen MR) is 133 cm³/mol. The molecule has 1 aliphatic heterocycles. The molecule has 0 radical (unpaired) electrons. The van der Waals surface area contributed by atoms with E-state index in [-0.39, 0.29) is 5.56 Å². The highest BCUT2D eigenvalue weighted by Crippen LogP contribution is 2.29. The molecule has 8 nitrogen and oxygen atoms in total. The van der Waals surface area contributed by atoms with Crippen molar-refractivity contribution in [3.63, 3.8) is 0 Å². The van der Waals surface area contributed by atoms with Gasteiger partial charge in [0, 0.05) is 60.6 Å². The molecule has 0 amide bonds. The molecular formula is C24H25N5O3S. The van der Waals surface area contributed by atoms with Gasteiger partial charge in [0.25, 0.3) is 5.56 Å². The van der Waals surface area contributed by atoms with E-state index in [1.54, 1.807) is 22.9 Å². The highest BCUT2D eigenvalue weighted by molar-refractivity contribution is 7.88. The Hall–Kier alpha value is -3.43. The summed E-state index contributed by atoms with van der Waals surface area (Å²) in [5, 5.41) is 1.70. The molecule has 2 aromatic heterocycles. The summed E-state index contributed by atoms with van der Waals surface area (Å²) >= 11 is 0. The summed E-state index contributed by atoms with van der Waals surface area (Å²) in [6, 6.07) is 14.9. The molecule has 1 fully saturated rings. The largest absolute Gasteiger partial charge is 0.398 e. The minimum atomic E-state index is -3.19. The van der Waals surface area contributed by atoms with E-state index in [2.05, 4.69) is 9.88 Å². The predicted octanol–water partition coefficient (Wildman–Crippen LogP) is 2.51. The van der Waals surface area contributed by atoms with Crippen LogP contribution in [0.3, 0.4) is 0 Å². The molecule has 0 saturated carbocycles. The summed E-state index contributed by atoms with van der Waals surface area (Å²) in [5.41, 5.74) is 10.8. The first-order chi connectivity index (χ1) is 15.7. The highest BCUT2D eigenvalue weighted by atomic mass is 32.2. The number of nitrogen functional groups attached to an aromatic ring is 1. The summed E-state index contributed by atoms with van der Waals surface area (Å²) < 4.78 is 26.9. The van der Waals surface area contributed by atoms with E-state index in [4.69, 9.17) is 5.73 Å². The average Bonchev–Trinajstić information content (AvgIpc) is 2.80.